The largest absolute Gasteiger partial charge is 0.499 e. The second kappa shape index (κ2) is 7.35. The Labute approximate surface area is 121 Å². The SMILES string of the molecule is C#CCN1CCN(C(=O)C2CCC(OC=C)CC2)CC1. The maximum Gasteiger partial charge on any atom is 0.225 e. The molecule has 0 spiro atoms. The van der Waals surface area contributed by atoms with Crippen LogP contribution in [0.25, 0.3) is 0 Å². The molecule has 4 nitrogen and oxygen atoms in total. The van der Waals surface area contributed by atoms with Crippen LogP contribution < -0.4 is 0 Å². The lowest BCUT2D eigenvalue weighted by Gasteiger charge is -2.37. The summed E-state index contributed by atoms with van der Waals surface area (Å²) in [6.45, 7) is 7.68. The number of amides is 1. The van der Waals surface area contributed by atoms with Crippen LogP contribution in [-0.2, 0) is 9.53 Å². The molecule has 1 aliphatic carbocycles. The Morgan fingerprint density at radius 3 is 2.45 bits per heavy atom. The van der Waals surface area contributed by atoms with Crippen LogP contribution in [0.15, 0.2) is 12.8 Å². The maximum atomic E-state index is 12.5. The lowest BCUT2D eigenvalue weighted by Crippen LogP contribution is -2.50. The minimum atomic E-state index is 0.179. The van der Waals surface area contributed by atoms with Gasteiger partial charge in [0.2, 0.25) is 5.91 Å². The summed E-state index contributed by atoms with van der Waals surface area (Å²) in [5, 5.41) is 0. The van der Waals surface area contributed by atoms with Crippen molar-refractivity contribution in [3.05, 3.63) is 12.8 Å². The molecule has 0 aromatic rings. The van der Waals surface area contributed by atoms with Gasteiger partial charge in [-0.25, -0.2) is 0 Å². The Kier molecular flexibility index (Phi) is 5.49. The summed E-state index contributed by atoms with van der Waals surface area (Å²) in [6.07, 6.45) is 10.9. The van der Waals surface area contributed by atoms with Gasteiger partial charge in [0.15, 0.2) is 0 Å². The number of carbonyl (C=O) groups is 1. The van der Waals surface area contributed by atoms with Crippen LogP contribution >= 0.6 is 0 Å². The van der Waals surface area contributed by atoms with Gasteiger partial charge in [0.05, 0.1) is 18.9 Å². The maximum absolute atomic E-state index is 12.5. The molecule has 0 unspecified atom stereocenters. The first-order valence-electron chi connectivity index (χ1n) is 7.45. The molecule has 2 fully saturated rings. The summed E-state index contributed by atoms with van der Waals surface area (Å²) in [5.41, 5.74) is 0. The molecule has 20 heavy (non-hydrogen) atoms. The summed E-state index contributed by atoms with van der Waals surface area (Å²) >= 11 is 0. The summed E-state index contributed by atoms with van der Waals surface area (Å²) in [4.78, 5) is 16.7. The van der Waals surface area contributed by atoms with Gasteiger partial charge in [-0.05, 0) is 25.7 Å². The van der Waals surface area contributed by atoms with Crippen molar-refractivity contribution < 1.29 is 9.53 Å². The fourth-order valence-corrected chi connectivity index (χ4v) is 3.10. The van der Waals surface area contributed by atoms with Crippen molar-refractivity contribution in [2.45, 2.75) is 31.8 Å². The first kappa shape index (κ1) is 14.9. The van der Waals surface area contributed by atoms with Gasteiger partial charge in [0, 0.05) is 32.1 Å². The number of piperazine rings is 1. The predicted molar refractivity (Wildman–Crippen MR) is 78.9 cm³/mol. The molecule has 1 amide bonds. The number of hydrogen-bond acceptors (Lipinski definition) is 3. The third-order valence-electron chi connectivity index (χ3n) is 4.31. The molecule has 0 bridgehead atoms. The molecule has 1 saturated heterocycles. The van der Waals surface area contributed by atoms with E-state index in [2.05, 4.69) is 17.4 Å². The topological polar surface area (TPSA) is 32.8 Å². The van der Waals surface area contributed by atoms with Crippen LogP contribution in [0.2, 0.25) is 0 Å². The molecule has 1 saturated carbocycles. The van der Waals surface area contributed by atoms with E-state index in [-0.39, 0.29) is 12.0 Å². The van der Waals surface area contributed by atoms with Gasteiger partial charge >= 0.3 is 0 Å². The summed E-state index contributed by atoms with van der Waals surface area (Å²) in [7, 11) is 0. The smallest absolute Gasteiger partial charge is 0.225 e. The second-order valence-electron chi connectivity index (χ2n) is 5.58. The molecule has 110 valence electrons. The second-order valence-corrected chi connectivity index (χ2v) is 5.58. The van der Waals surface area contributed by atoms with Gasteiger partial charge in [-0.1, -0.05) is 12.5 Å². The highest BCUT2D eigenvalue weighted by molar-refractivity contribution is 5.79. The van der Waals surface area contributed by atoms with Crippen LogP contribution in [-0.4, -0.2) is 54.5 Å². The Balaban J connectivity index is 1.76. The minimum Gasteiger partial charge on any atom is -0.499 e. The van der Waals surface area contributed by atoms with Gasteiger partial charge in [-0.15, -0.1) is 6.42 Å². The molecule has 0 atom stereocenters. The number of nitrogens with zero attached hydrogens (tertiary/aromatic N) is 2. The first-order valence-corrected chi connectivity index (χ1v) is 7.45. The van der Waals surface area contributed by atoms with Crippen LogP contribution in [0.3, 0.4) is 0 Å². The van der Waals surface area contributed by atoms with E-state index in [1.165, 1.54) is 6.26 Å². The van der Waals surface area contributed by atoms with Gasteiger partial charge in [0.25, 0.3) is 0 Å². The standard InChI is InChI=1S/C16H24N2O2/c1-3-9-17-10-12-18(13-11-17)16(19)14-5-7-15(8-6-14)20-4-2/h1,4,14-15H,2,5-13H2. The number of ether oxygens (including phenoxy) is 1. The summed E-state index contributed by atoms with van der Waals surface area (Å²) in [5.74, 6) is 3.16. The van der Waals surface area contributed by atoms with Gasteiger partial charge < -0.3 is 9.64 Å². The monoisotopic (exact) mass is 276 g/mol. The number of carbonyl (C=O) groups excluding carboxylic acids is 1. The van der Waals surface area contributed by atoms with Crippen molar-refractivity contribution in [2.75, 3.05) is 32.7 Å². The highest BCUT2D eigenvalue weighted by Gasteiger charge is 2.31. The van der Waals surface area contributed by atoms with E-state index in [9.17, 15) is 4.79 Å². The molecule has 1 heterocycles. The zero-order valence-corrected chi connectivity index (χ0v) is 12.1. The normalized spacial score (nSPS) is 27.6. The Hall–Kier alpha value is -1.47. The van der Waals surface area contributed by atoms with E-state index in [4.69, 9.17) is 11.2 Å². The number of terminal acetylenes is 1. The van der Waals surface area contributed by atoms with Crippen molar-refractivity contribution in [1.82, 2.24) is 9.80 Å². The van der Waals surface area contributed by atoms with E-state index in [0.29, 0.717) is 12.5 Å². The third-order valence-corrected chi connectivity index (χ3v) is 4.31. The molecule has 0 aromatic heterocycles. The lowest BCUT2D eigenvalue weighted by atomic mass is 9.86. The zero-order chi connectivity index (χ0) is 14.4. The van der Waals surface area contributed by atoms with Crippen LogP contribution in [0, 0.1) is 18.3 Å². The van der Waals surface area contributed by atoms with E-state index < -0.39 is 0 Å². The molecule has 2 rings (SSSR count). The van der Waals surface area contributed by atoms with E-state index in [1.807, 2.05) is 4.90 Å². The van der Waals surface area contributed by atoms with Gasteiger partial charge in [-0.2, -0.15) is 0 Å². The Morgan fingerprint density at radius 2 is 1.90 bits per heavy atom. The molecule has 0 N–H and O–H groups in total. The van der Waals surface area contributed by atoms with Crippen molar-refractivity contribution in [1.29, 1.82) is 0 Å². The molecule has 0 radical (unpaired) electrons. The molecule has 1 aliphatic heterocycles. The van der Waals surface area contributed by atoms with E-state index >= 15 is 0 Å². The molecular weight excluding hydrogens is 252 g/mol. The number of rotatable bonds is 4. The van der Waals surface area contributed by atoms with E-state index in [1.54, 1.807) is 0 Å². The highest BCUT2D eigenvalue weighted by atomic mass is 16.5. The van der Waals surface area contributed by atoms with Gasteiger partial charge in [0.1, 0.15) is 0 Å². The Bertz CT molecular complexity index is 372. The quantitative estimate of drug-likeness (QED) is 0.576. The number of hydrogen-bond donors (Lipinski definition) is 0. The minimum absolute atomic E-state index is 0.179. The third kappa shape index (κ3) is 3.77. The molecular formula is C16H24N2O2. The fourth-order valence-electron chi connectivity index (χ4n) is 3.10. The van der Waals surface area contributed by atoms with Crippen LogP contribution in [0.5, 0.6) is 0 Å². The summed E-state index contributed by atoms with van der Waals surface area (Å²) < 4.78 is 5.41. The highest BCUT2D eigenvalue weighted by Crippen LogP contribution is 2.28. The van der Waals surface area contributed by atoms with Crippen molar-refractivity contribution in [3.8, 4) is 12.3 Å². The fraction of sp³-hybridized carbons (Fsp3) is 0.688. The Morgan fingerprint density at radius 1 is 1.25 bits per heavy atom. The average Bonchev–Trinajstić information content (AvgIpc) is 2.49. The molecule has 0 aromatic carbocycles. The van der Waals surface area contributed by atoms with Crippen molar-refractivity contribution in [3.63, 3.8) is 0 Å². The predicted octanol–water partition coefficient (Wildman–Crippen LogP) is 1.48. The summed E-state index contributed by atoms with van der Waals surface area (Å²) in [6, 6.07) is 0. The van der Waals surface area contributed by atoms with E-state index in [0.717, 1.165) is 51.9 Å². The van der Waals surface area contributed by atoms with Crippen molar-refractivity contribution in [2.24, 2.45) is 5.92 Å². The van der Waals surface area contributed by atoms with Crippen LogP contribution in [0.4, 0.5) is 0 Å². The van der Waals surface area contributed by atoms with Crippen LogP contribution in [0.1, 0.15) is 25.7 Å². The van der Waals surface area contributed by atoms with Crippen molar-refractivity contribution >= 4 is 5.91 Å². The zero-order valence-electron chi connectivity index (χ0n) is 12.1. The lowest BCUT2D eigenvalue weighted by molar-refractivity contribution is -0.139. The molecule has 2 aliphatic rings. The molecule has 4 heteroatoms. The first-order chi connectivity index (χ1) is 9.74. The average molecular weight is 276 g/mol. The van der Waals surface area contributed by atoms with Gasteiger partial charge in [-0.3, -0.25) is 9.69 Å².